The van der Waals surface area contributed by atoms with Crippen molar-refractivity contribution in [3.8, 4) is 0 Å². The van der Waals surface area contributed by atoms with E-state index in [0.29, 0.717) is 11.5 Å². The number of urea groups is 1. The zero-order valence-electron chi connectivity index (χ0n) is 8.30. The van der Waals surface area contributed by atoms with Crippen LogP contribution in [0.1, 0.15) is 11.9 Å². The number of rotatable bonds is 0. The predicted molar refractivity (Wildman–Crippen MR) is 49.7 cm³/mol. The topological polar surface area (TPSA) is 61.6 Å². The molecule has 2 rings (SSSR count). The number of carbonyl (C=O) groups excluding carboxylic acids is 1. The zero-order valence-corrected chi connectivity index (χ0v) is 8.30. The number of hydrogen-bond donors (Lipinski definition) is 1. The lowest BCUT2D eigenvalue weighted by Crippen LogP contribution is -2.46. The third-order valence-corrected chi connectivity index (χ3v) is 2.48. The summed E-state index contributed by atoms with van der Waals surface area (Å²) in [5.41, 5.74) is 0.634. The Morgan fingerprint density at radius 3 is 2.71 bits per heavy atom. The molecule has 1 aromatic rings. The van der Waals surface area contributed by atoms with Crippen molar-refractivity contribution in [1.29, 1.82) is 0 Å². The highest BCUT2D eigenvalue weighted by Crippen LogP contribution is 2.31. The second-order valence-corrected chi connectivity index (χ2v) is 3.39. The van der Waals surface area contributed by atoms with E-state index < -0.39 is 6.23 Å². The summed E-state index contributed by atoms with van der Waals surface area (Å²) in [6, 6.07) is -0.260. The number of carbonyl (C=O) groups is 1. The smallest absolute Gasteiger partial charge is 0.327 e. The van der Waals surface area contributed by atoms with Crippen LogP contribution in [0, 0.1) is 0 Å². The Morgan fingerprint density at radius 1 is 1.43 bits per heavy atom. The van der Waals surface area contributed by atoms with Crippen LogP contribution in [-0.2, 0) is 7.05 Å². The second kappa shape index (κ2) is 2.71. The van der Waals surface area contributed by atoms with Crippen LogP contribution in [0.3, 0.4) is 0 Å². The Labute approximate surface area is 81.4 Å². The molecule has 0 fully saturated rings. The Kier molecular flexibility index (Phi) is 1.75. The number of anilines is 1. The second-order valence-electron chi connectivity index (χ2n) is 3.39. The van der Waals surface area contributed by atoms with E-state index in [4.69, 9.17) is 0 Å². The SMILES string of the molecule is CN1C(=O)N(C)C(O)c2c1ncn2C. The molecule has 6 nitrogen and oxygen atoms in total. The third kappa shape index (κ3) is 0.941. The van der Waals surface area contributed by atoms with E-state index in [0.717, 1.165) is 0 Å². The fraction of sp³-hybridized carbons (Fsp3) is 0.500. The van der Waals surface area contributed by atoms with Crippen molar-refractivity contribution in [1.82, 2.24) is 14.5 Å². The van der Waals surface area contributed by atoms with E-state index in [1.54, 1.807) is 32.0 Å². The average molecular weight is 196 g/mol. The summed E-state index contributed by atoms with van der Waals surface area (Å²) in [5.74, 6) is 0.517. The molecule has 2 heterocycles. The number of hydrogen-bond acceptors (Lipinski definition) is 3. The van der Waals surface area contributed by atoms with E-state index in [-0.39, 0.29) is 6.03 Å². The minimum atomic E-state index is -0.916. The molecule has 6 heteroatoms. The molecule has 2 amide bonds. The van der Waals surface area contributed by atoms with E-state index in [1.807, 2.05) is 0 Å². The average Bonchev–Trinajstić information content (AvgIpc) is 2.54. The van der Waals surface area contributed by atoms with Crippen molar-refractivity contribution in [2.24, 2.45) is 7.05 Å². The van der Waals surface area contributed by atoms with Crippen LogP contribution in [-0.4, -0.2) is 39.7 Å². The Balaban J connectivity index is 2.58. The van der Waals surface area contributed by atoms with E-state index >= 15 is 0 Å². The summed E-state index contributed by atoms with van der Waals surface area (Å²) >= 11 is 0. The standard InChI is InChI=1S/C8H12N4O2/c1-10-4-9-6-5(10)7(13)12(3)8(14)11(6)2/h4,7,13H,1-3H3. The summed E-state index contributed by atoms with van der Waals surface area (Å²) < 4.78 is 1.71. The summed E-state index contributed by atoms with van der Waals surface area (Å²) in [6.45, 7) is 0. The molecule has 0 saturated carbocycles. The lowest BCUT2D eigenvalue weighted by molar-refractivity contribution is 0.0385. The Morgan fingerprint density at radius 2 is 2.07 bits per heavy atom. The molecule has 1 aliphatic rings. The van der Waals surface area contributed by atoms with Gasteiger partial charge < -0.3 is 9.67 Å². The van der Waals surface area contributed by atoms with Crippen LogP contribution in [0.2, 0.25) is 0 Å². The molecule has 1 aromatic heterocycles. The zero-order chi connectivity index (χ0) is 10.5. The van der Waals surface area contributed by atoms with E-state index in [1.165, 1.54) is 9.80 Å². The maximum Gasteiger partial charge on any atom is 0.327 e. The molecule has 0 aliphatic carbocycles. The van der Waals surface area contributed by atoms with Gasteiger partial charge in [-0.05, 0) is 0 Å². The molecule has 76 valence electrons. The number of nitrogens with zero attached hydrogens (tertiary/aromatic N) is 4. The van der Waals surface area contributed by atoms with Gasteiger partial charge in [0.05, 0.1) is 6.33 Å². The number of aliphatic hydroxyl groups excluding tert-OH is 1. The van der Waals surface area contributed by atoms with Gasteiger partial charge in [0.2, 0.25) is 0 Å². The van der Waals surface area contributed by atoms with Crippen molar-refractivity contribution in [2.75, 3.05) is 19.0 Å². The Bertz CT molecular complexity index is 387. The highest BCUT2D eigenvalue weighted by molar-refractivity contribution is 5.93. The number of aryl methyl sites for hydroxylation is 1. The summed E-state index contributed by atoms with van der Waals surface area (Å²) in [5, 5.41) is 9.81. The van der Waals surface area contributed by atoms with Crippen LogP contribution in [0.5, 0.6) is 0 Å². The molecule has 1 unspecified atom stereocenters. The number of imidazole rings is 1. The fourth-order valence-electron chi connectivity index (χ4n) is 1.60. The highest BCUT2D eigenvalue weighted by Gasteiger charge is 2.35. The van der Waals surface area contributed by atoms with Gasteiger partial charge in [0, 0.05) is 21.1 Å². The number of fused-ring (bicyclic) bond motifs is 1. The number of aliphatic hydroxyl groups is 1. The first-order valence-corrected chi connectivity index (χ1v) is 4.24. The van der Waals surface area contributed by atoms with Crippen LogP contribution < -0.4 is 4.90 Å². The van der Waals surface area contributed by atoms with Crippen LogP contribution in [0.25, 0.3) is 0 Å². The van der Waals surface area contributed by atoms with Crippen LogP contribution in [0.4, 0.5) is 10.6 Å². The van der Waals surface area contributed by atoms with Gasteiger partial charge in [-0.25, -0.2) is 9.78 Å². The molecule has 14 heavy (non-hydrogen) atoms. The predicted octanol–water partition coefficient (Wildman–Crippen LogP) is -0.0874. The molecular formula is C8H12N4O2. The molecule has 1 aliphatic heterocycles. The van der Waals surface area contributed by atoms with Gasteiger partial charge in [0.15, 0.2) is 12.0 Å². The highest BCUT2D eigenvalue weighted by atomic mass is 16.3. The van der Waals surface area contributed by atoms with Crippen molar-refractivity contribution < 1.29 is 9.90 Å². The molecular weight excluding hydrogens is 184 g/mol. The van der Waals surface area contributed by atoms with Crippen molar-refractivity contribution in [2.45, 2.75) is 6.23 Å². The summed E-state index contributed by atoms with van der Waals surface area (Å²) in [7, 11) is 4.97. The van der Waals surface area contributed by atoms with Gasteiger partial charge in [-0.1, -0.05) is 0 Å². The molecule has 1 atom stereocenters. The van der Waals surface area contributed by atoms with E-state index in [2.05, 4.69) is 4.98 Å². The quantitative estimate of drug-likeness (QED) is 0.631. The van der Waals surface area contributed by atoms with Crippen molar-refractivity contribution in [3.05, 3.63) is 12.0 Å². The molecule has 1 N–H and O–H groups in total. The minimum absolute atomic E-state index is 0.260. The fourth-order valence-corrected chi connectivity index (χ4v) is 1.60. The monoisotopic (exact) mass is 196 g/mol. The van der Waals surface area contributed by atoms with Crippen molar-refractivity contribution in [3.63, 3.8) is 0 Å². The van der Waals surface area contributed by atoms with Gasteiger partial charge in [-0.3, -0.25) is 9.80 Å². The van der Waals surface area contributed by atoms with Crippen molar-refractivity contribution >= 4 is 11.8 Å². The minimum Gasteiger partial charge on any atom is -0.368 e. The lowest BCUT2D eigenvalue weighted by atomic mass is 10.3. The van der Waals surface area contributed by atoms with Crippen LogP contribution >= 0.6 is 0 Å². The maximum atomic E-state index is 11.6. The maximum absolute atomic E-state index is 11.6. The first-order chi connectivity index (χ1) is 6.54. The van der Waals surface area contributed by atoms with Crippen LogP contribution in [0.15, 0.2) is 6.33 Å². The van der Waals surface area contributed by atoms with E-state index in [9.17, 15) is 9.90 Å². The molecule has 0 radical (unpaired) electrons. The van der Waals surface area contributed by atoms with Gasteiger partial charge in [0.1, 0.15) is 5.69 Å². The number of amides is 2. The Hall–Kier alpha value is -1.56. The molecule has 0 bridgehead atoms. The van der Waals surface area contributed by atoms with Gasteiger partial charge in [0.25, 0.3) is 0 Å². The number of aromatic nitrogens is 2. The normalized spacial score (nSPS) is 21.4. The lowest BCUT2D eigenvalue weighted by Gasteiger charge is -2.33. The largest absolute Gasteiger partial charge is 0.368 e. The van der Waals surface area contributed by atoms with Gasteiger partial charge in [-0.2, -0.15) is 0 Å². The van der Waals surface area contributed by atoms with Gasteiger partial charge >= 0.3 is 6.03 Å². The molecule has 0 spiro atoms. The summed E-state index contributed by atoms with van der Waals surface area (Å²) in [6.07, 6.45) is 0.665. The van der Waals surface area contributed by atoms with Gasteiger partial charge in [-0.15, -0.1) is 0 Å². The molecule has 0 saturated heterocycles. The summed E-state index contributed by atoms with van der Waals surface area (Å²) in [4.78, 5) is 18.3. The first-order valence-electron chi connectivity index (χ1n) is 4.24. The third-order valence-electron chi connectivity index (χ3n) is 2.48. The first kappa shape index (κ1) is 9.01. The molecule has 0 aromatic carbocycles.